The Hall–Kier alpha value is -1.14. The predicted molar refractivity (Wildman–Crippen MR) is 78.3 cm³/mol. The van der Waals surface area contributed by atoms with Crippen LogP contribution < -0.4 is 10.1 Å². The van der Waals surface area contributed by atoms with Crippen LogP contribution in [0.2, 0.25) is 0 Å². The molecule has 1 atom stereocenters. The number of hydrogen-bond donors (Lipinski definition) is 1. The summed E-state index contributed by atoms with van der Waals surface area (Å²) in [6.45, 7) is 3.05. The Kier molecular flexibility index (Phi) is 8.98. The van der Waals surface area contributed by atoms with Gasteiger partial charge in [0, 0.05) is 13.7 Å². The van der Waals surface area contributed by atoms with Crippen molar-refractivity contribution >= 4 is 0 Å². The molecule has 0 saturated heterocycles. The average molecular weight is 283 g/mol. The zero-order valence-corrected chi connectivity index (χ0v) is 12.6. The van der Waals surface area contributed by atoms with Crippen LogP contribution >= 0.6 is 0 Å². The van der Waals surface area contributed by atoms with Gasteiger partial charge in [0.2, 0.25) is 0 Å². The SMILES string of the molecule is CNCC(OCCOCCOC)c1cccc(OC)c1. The lowest BCUT2D eigenvalue weighted by Gasteiger charge is -2.18. The van der Waals surface area contributed by atoms with Crippen molar-refractivity contribution in [1.82, 2.24) is 5.32 Å². The molecule has 0 saturated carbocycles. The first kappa shape index (κ1) is 16.9. The molecule has 1 aromatic rings. The maximum Gasteiger partial charge on any atom is 0.119 e. The van der Waals surface area contributed by atoms with Gasteiger partial charge in [-0.25, -0.2) is 0 Å². The summed E-state index contributed by atoms with van der Waals surface area (Å²) in [7, 11) is 5.23. The van der Waals surface area contributed by atoms with Crippen molar-refractivity contribution in [2.45, 2.75) is 6.10 Å². The average Bonchev–Trinajstić information content (AvgIpc) is 2.49. The second-order valence-corrected chi connectivity index (χ2v) is 4.30. The number of methoxy groups -OCH3 is 2. The van der Waals surface area contributed by atoms with Crippen molar-refractivity contribution in [3.8, 4) is 5.75 Å². The van der Waals surface area contributed by atoms with E-state index < -0.39 is 0 Å². The van der Waals surface area contributed by atoms with Crippen LogP contribution in [0.5, 0.6) is 5.75 Å². The summed E-state index contributed by atoms with van der Waals surface area (Å²) in [5.74, 6) is 0.837. The molecule has 0 spiro atoms. The molecular weight excluding hydrogens is 258 g/mol. The van der Waals surface area contributed by atoms with Crippen LogP contribution in [0.25, 0.3) is 0 Å². The van der Waals surface area contributed by atoms with Gasteiger partial charge < -0.3 is 24.3 Å². The van der Waals surface area contributed by atoms with Gasteiger partial charge in [0.15, 0.2) is 0 Å². The van der Waals surface area contributed by atoms with Gasteiger partial charge in [-0.2, -0.15) is 0 Å². The van der Waals surface area contributed by atoms with E-state index in [-0.39, 0.29) is 6.10 Å². The lowest BCUT2D eigenvalue weighted by atomic mass is 10.1. The van der Waals surface area contributed by atoms with Crippen molar-refractivity contribution in [3.05, 3.63) is 29.8 Å². The molecule has 0 bridgehead atoms. The van der Waals surface area contributed by atoms with Crippen LogP contribution in [0.1, 0.15) is 11.7 Å². The standard InChI is InChI=1S/C15H25NO4/c1-16-12-15(20-10-9-19-8-7-17-2)13-5-4-6-14(11-13)18-3/h4-6,11,15-16H,7-10,12H2,1-3H3. The zero-order chi connectivity index (χ0) is 14.6. The number of hydrogen-bond acceptors (Lipinski definition) is 5. The molecule has 1 unspecified atom stereocenters. The second kappa shape index (κ2) is 10.6. The maximum atomic E-state index is 5.86. The minimum atomic E-state index is -0.0128. The highest BCUT2D eigenvalue weighted by Gasteiger charge is 2.11. The third-order valence-electron chi connectivity index (χ3n) is 2.83. The molecule has 0 aliphatic rings. The first-order chi connectivity index (χ1) is 9.81. The smallest absolute Gasteiger partial charge is 0.119 e. The maximum absolute atomic E-state index is 5.86. The van der Waals surface area contributed by atoms with E-state index in [1.807, 2.05) is 31.3 Å². The van der Waals surface area contributed by atoms with Gasteiger partial charge in [-0.15, -0.1) is 0 Å². The molecule has 0 aliphatic heterocycles. The van der Waals surface area contributed by atoms with Gasteiger partial charge >= 0.3 is 0 Å². The molecule has 1 aromatic carbocycles. The van der Waals surface area contributed by atoms with E-state index in [0.29, 0.717) is 26.4 Å². The van der Waals surface area contributed by atoms with E-state index in [9.17, 15) is 0 Å². The largest absolute Gasteiger partial charge is 0.497 e. The lowest BCUT2D eigenvalue weighted by Crippen LogP contribution is -2.21. The summed E-state index contributed by atoms with van der Waals surface area (Å²) in [6, 6.07) is 7.92. The van der Waals surface area contributed by atoms with Crippen molar-refractivity contribution in [2.24, 2.45) is 0 Å². The Bertz CT molecular complexity index is 359. The van der Waals surface area contributed by atoms with E-state index in [2.05, 4.69) is 5.32 Å². The molecule has 0 radical (unpaired) electrons. The number of rotatable bonds is 11. The molecule has 0 fully saturated rings. The first-order valence-electron chi connectivity index (χ1n) is 6.78. The van der Waals surface area contributed by atoms with Gasteiger partial charge in [-0.05, 0) is 24.7 Å². The zero-order valence-electron chi connectivity index (χ0n) is 12.6. The van der Waals surface area contributed by atoms with Crippen LogP contribution in [0, 0.1) is 0 Å². The molecular formula is C15H25NO4. The minimum absolute atomic E-state index is 0.0128. The molecule has 20 heavy (non-hydrogen) atoms. The van der Waals surface area contributed by atoms with Gasteiger partial charge in [0.1, 0.15) is 5.75 Å². The third kappa shape index (κ3) is 6.34. The summed E-state index contributed by atoms with van der Waals surface area (Å²) < 4.78 is 21.4. The van der Waals surface area contributed by atoms with E-state index in [4.69, 9.17) is 18.9 Å². The number of likely N-dealkylation sites (N-methyl/N-ethyl adjacent to an activating group) is 1. The molecule has 0 aliphatic carbocycles. The summed E-state index contributed by atoms with van der Waals surface area (Å²) >= 11 is 0. The fourth-order valence-electron chi connectivity index (χ4n) is 1.79. The van der Waals surface area contributed by atoms with Crippen LogP contribution in [0.4, 0.5) is 0 Å². The normalized spacial score (nSPS) is 12.3. The second-order valence-electron chi connectivity index (χ2n) is 4.30. The minimum Gasteiger partial charge on any atom is -0.497 e. The van der Waals surface area contributed by atoms with E-state index >= 15 is 0 Å². The number of nitrogens with one attached hydrogen (secondary N) is 1. The molecule has 0 aromatic heterocycles. The van der Waals surface area contributed by atoms with Crippen LogP contribution in [-0.2, 0) is 14.2 Å². The highest BCUT2D eigenvalue weighted by Crippen LogP contribution is 2.21. The summed E-state index contributed by atoms with van der Waals surface area (Å²) in [5.41, 5.74) is 1.09. The van der Waals surface area contributed by atoms with E-state index in [1.54, 1.807) is 14.2 Å². The van der Waals surface area contributed by atoms with Gasteiger partial charge in [-0.3, -0.25) is 0 Å². The first-order valence-corrected chi connectivity index (χ1v) is 6.78. The van der Waals surface area contributed by atoms with Crippen LogP contribution in [-0.4, -0.2) is 54.2 Å². The third-order valence-corrected chi connectivity index (χ3v) is 2.83. The van der Waals surface area contributed by atoms with Gasteiger partial charge in [0.05, 0.1) is 39.6 Å². The molecule has 0 heterocycles. The Morgan fingerprint density at radius 1 is 1.10 bits per heavy atom. The topological polar surface area (TPSA) is 49.0 Å². The summed E-state index contributed by atoms with van der Waals surface area (Å²) in [5, 5.41) is 3.14. The summed E-state index contributed by atoms with van der Waals surface area (Å²) in [4.78, 5) is 0. The highest BCUT2D eigenvalue weighted by atomic mass is 16.5. The highest BCUT2D eigenvalue weighted by molar-refractivity contribution is 5.30. The fraction of sp³-hybridized carbons (Fsp3) is 0.600. The van der Waals surface area contributed by atoms with Crippen molar-refractivity contribution in [3.63, 3.8) is 0 Å². The fourth-order valence-corrected chi connectivity index (χ4v) is 1.79. The van der Waals surface area contributed by atoms with E-state index in [1.165, 1.54) is 0 Å². The van der Waals surface area contributed by atoms with Gasteiger partial charge in [-0.1, -0.05) is 12.1 Å². The Labute approximate surface area is 121 Å². The van der Waals surface area contributed by atoms with E-state index in [0.717, 1.165) is 17.9 Å². The molecule has 0 amide bonds. The van der Waals surface area contributed by atoms with Crippen molar-refractivity contribution < 1.29 is 18.9 Å². The molecule has 5 nitrogen and oxygen atoms in total. The quantitative estimate of drug-likeness (QED) is 0.626. The van der Waals surface area contributed by atoms with Crippen molar-refractivity contribution in [2.75, 3.05) is 54.2 Å². The van der Waals surface area contributed by atoms with Crippen LogP contribution in [0.3, 0.4) is 0 Å². The Morgan fingerprint density at radius 2 is 1.90 bits per heavy atom. The molecule has 1 N–H and O–H groups in total. The molecule has 5 heteroatoms. The Morgan fingerprint density at radius 3 is 2.60 bits per heavy atom. The van der Waals surface area contributed by atoms with Crippen molar-refractivity contribution in [1.29, 1.82) is 0 Å². The molecule has 114 valence electrons. The van der Waals surface area contributed by atoms with Crippen LogP contribution in [0.15, 0.2) is 24.3 Å². The monoisotopic (exact) mass is 283 g/mol. The lowest BCUT2D eigenvalue weighted by molar-refractivity contribution is -0.00636. The number of ether oxygens (including phenoxy) is 4. The van der Waals surface area contributed by atoms with Gasteiger partial charge in [0.25, 0.3) is 0 Å². The predicted octanol–water partition coefficient (Wildman–Crippen LogP) is 1.64. The Balaban J connectivity index is 2.42. The summed E-state index contributed by atoms with van der Waals surface area (Å²) in [6.07, 6.45) is -0.0128. The number of benzene rings is 1. The molecule has 1 rings (SSSR count).